The van der Waals surface area contributed by atoms with E-state index in [4.69, 9.17) is 16.3 Å². The Hall–Kier alpha value is -2.45. The van der Waals surface area contributed by atoms with Crippen LogP contribution in [0.2, 0.25) is 5.02 Å². The fourth-order valence-corrected chi connectivity index (χ4v) is 3.43. The van der Waals surface area contributed by atoms with Gasteiger partial charge in [0, 0.05) is 28.3 Å². The third-order valence-electron chi connectivity index (χ3n) is 4.18. The van der Waals surface area contributed by atoms with Gasteiger partial charge >= 0.3 is 0 Å². The maximum atomic E-state index is 12.4. The molecule has 1 aromatic carbocycles. The summed E-state index contributed by atoms with van der Waals surface area (Å²) >= 11 is 6.33. The lowest BCUT2D eigenvalue weighted by atomic mass is 9.99. The molecule has 0 aliphatic heterocycles. The number of sulfone groups is 1. The molecule has 162 valence electrons. The first-order valence-corrected chi connectivity index (χ1v) is 11.7. The average Bonchev–Trinajstić information content (AvgIpc) is 2.65. The van der Waals surface area contributed by atoms with Crippen molar-refractivity contribution in [3.63, 3.8) is 0 Å². The van der Waals surface area contributed by atoms with E-state index >= 15 is 0 Å². The van der Waals surface area contributed by atoms with Crippen LogP contribution in [0.15, 0.2) is 41.9 Å². The smallest absolute Gasteiger partial charge is 0.289 e. The van der Waals surface area contributed by atoms with Crippen molar-refractivity contribution >= 4 is 27.3 Å². The minimum atomic E-state index is -3.27. The van der Waals surface area contributed by atoms with Crippen LogP contribution in [0.3, 0.4) is 0 Å². The fourth-order valence-electron chi connectivity index (χ4n) is 2.66. The second-order valence-electron chi connectivity index (χ2n) is 7.37. The van der Waals surface area contributed by atoms with Gasteiger partial charge in [0.2, 0.25) is 5.82 Å². The second-order valence-corrected chi connectivity index (χ2v) is 9.71. The summed E-state index contributed by atoms with van der Waals surface area (Å²) in [6, 6.07) is 6.98. The number of hydrogen-bond donors (Lipinski definition) is 1. The Morgan fingerprint density at radius 3 is 2.47 bits per heavy atom. The van der Waals surface area contributed by atoms with Crippen LogP contribution in [0.4, 0.5) is 0 Å². The van der Waals surface area contributed by atoms with Crippen LogP contribution in [0.25, 0.3) is 0 Å². The first-order valence-electron chi connectivity index (χ1n) is 9.41. The van der Waals surface area contributed by atoms with E-state index in [2.05, 4.69) is 15.3 Å². The number of carbonyl (C=O) groups is 1. The molecule has 0 aliphatic carbocycles. The molecule has 0 fully saturated rings. The normalized spacial score (nSPS) is 14.0. The molecule has 30 heavy (non-hydrogen) atoms. The molecule has 0 saturated carbocycles. The Bertz CT molecular complexity index is 1040. The molecule has 2 atom stereocenters. The minimum absolute atomic E-state index is 0.0294. The molecule has 2 rings (SSSR count). The van der Waals surface area contributed by atoms with Crippen molar-refractivity contribution < 1.29 is 17.9 Å². The first kappa shape index (κ1) is 23.8. The zero-order valence-corrected chi connectivity index (χ0v) is 19.2. The van der Waals surface area contributed by atoms with Crippen LogP contribution in [-0.4, -0.2) is 36.6 Å². The summed E-state index contributed by atoms with van der Waals surface area (Å²) in [4.78, 5) is 20.7. The predicted molar refractivity (Wildman–Crippen MR) is 117 cm³/mol. The van der Waals surface area contributed by atoms with Crippen molar-refractivity contribution in [1.82, 2.24) is 15.3 Å². The zero-order chi connectivity index (χ0) is 22.5. The number of halogens is 1. The number of nitrogens with one attached hydrogen (secondary N) is 1. The molecule has 1 amide bonds. The van der Waals surface area contributed by atoms with Gasteiger partial charge in [0.05, 0.1) is 11.9 Å². The molecular weight excluding hydrogens is 426 g/mol. The molecule has 0 bridgehead atoms. The summed E-state index contributed by atoms with van der Waals surface area (Å²) in [6.07, 6.45) is 3.62. The van der Waals surface area contributed by atoms with Crippen LogP contribution in [0.1, 0.15) is 48.8 Å². The van der Waals surface area contributed by atoms with Gasteiger partial charge in [0.1, 0.15) is 6.10 Å². The largest absolute Gasteiger partial charge is 0.482 e. The van der Waals surface area contributed by atoms with Gasteiger partial charge < -0.3 is 10.1 Å². The van der Waals surface area contributed by atoms with Gasteiger partial charge in [-0.3, -0.25) is 4.79 Å². The monoisotopic (exact) mass is 451 g/mol. The zero-order valence-electron chi connectivity index (χ0n) is 17.6. The maximum Gasteiger partial charge on any atom is 0.289 e. The summed E-state index contributed by atoms with van der Waals surface area (Å²) in [6.45, 7) is 7.43. The Morgan fingerprint density at radius 2 is 1.90 bits per heavy atom. The third-order valence-corrected chi connectivity index (χ3v) is 5.18. The number of nitrogens with zero attached hydrogens (tertiary/aromatic N) is 2. The number of hydrogen-bond acceptors (Lipinski definition) is 6. The molecular formula is C21H26ClN3O4S. The van der Waals surface area contributed by atoms with Gasteiger partial charge in [-0.25, -0.2) is 18.4 Å². The lowest BCUT2D eigenvalue weighted by Crippen LogP contribution is -2.32. The van der Waals surface area contributed by atoms with Crippen molar-refractivity contribution in [2.24, 2.45) is 5.92 Å². The third kappa shape index (κ3) is 6.81. The average molecular weight is 452 g/mol. The molecule has 2 aromatic rings. The quantitative estimate of drug-likeness (QED) is 0.653. The van der Waals surface area contributed by atoms with Crippen molar-refractivity contribution in [2.45, 2.75) is 39.8 Å². The van der Waals surface area contributed by atoms with Gasteiger partial charge in [-0.1, -0.05) is 49.7 Å². The molecule has 0 spiro atoms. The standard InChI is InChI=1S/C21H26ClN3O4S/c1-13(2)19(16-8-6-7-9-17(16)22)29-18-12-23-20(25-15(18)4)21(26)24-14(3)10-11-30(5,27)28/h6-14,19H,1-5H3,(H,24,26)/b11-10+/t14-,19-/m1/s1. The molecule has 0 saturated heterocycles. The fraction of sp³-hybridized carbons (Fsp3) is 0.381. The van der Waals surface area contributed by atoms with E-state index in [1.165, 1.54) is 12.3 Å². The van der Waals surface area contributed by atoms with E-state index in [0.29, 0.717) is 16.5 Å². The number of amides is 1. The SMILES string of the molecule is Cc1nc(C(=O)N[C@H](C)/C=C/S(C)(=O)=O)ncc1O[C@@H](c1ccccc1Cl)C(C)C. The Labute approximate surface area is 182 Å². The Morgan fingerprint density at radius 1 is 1.23 bits per heavy atom. The van der Waals surface area contributed by atoms with Crippen molar-refractivity contribution in [3.8, 4) is 5.75 Å². The van der Waals surface area contributed by atoms with E-state index in [1.54, 1.807) is 13.8 Å². The van der Waals surface area contributed by atoms with Crippen molar-refractivity contribution in [3.05, 3.63) is 64.1 Å². The van der Waals surface area contributed by atoms with E-state index in [9.17, 15) is 13.2 Å². The summed E-state index contributed by atoms with van der Waals surface area (Å²) in [5, 5.41) is 4.29. The number of carbonyl (C=O) groups excluding carboxylic acids is 1. The van der Waals surface area contributed by atoms with Crippen LogP contribution < -0.4 is 10.1 Å². The van der Waals surface area contributed by atoms with Crippen LogP contribution in [0.5, 0.6) is 5.75 Å². The molecule has 0 unspecified atom stereocenters. The van der Waals surface area contributed by atoms with Gasteiger partial charge in [-0.05, 0) is 25.8 Å². The highest BCUT2D eigenvalue weighted by molar-refractivity contribution is 7.93. The van der Waals surface area contributed by atoms with Gasteiger partial charge in [0.15, 0.2) is 15.6 Å². The number of benzene rings is 1. The van der Waals surface area contributed by atoms with Crippen LogP contribution >= 0.6 is 11.6 Å². The maximum absolute atomic E-state index is 12.4. The lowest BCUT2D eigenvalue weighted by Gasteiger charge is -2.24. The summed E-state index contributed by atoms with van der Waals surface area (Å²) in [7, 11) is -3.27. The molecule has 0 aliphatic rings. The molecule has 1 heterocycles. The number of ether oxygens (including phenoxy) is 1. The van der Waals surface area contributed by atoms with Gasteiger partial charge in [-0.2, -0.15) is 0 Å². The molecule has 7 nitrogen and oxygen atoms in total. The summed E-state index contributed by atoms with van der Waals surface area (Å²) in [5.74, 6) is 0.0463. The van der Waals surface area contributed by atoms with Gasteiger partial charge in [0.25, 0.3) is 5.91 Å². The first-order chi connectivity index (χ1) is 14.0. The molecule has 1 N–H and O–H groups in total. The highest BCUT2D eigenvalue weighted by atomic mass is 35.5. The van der Waals surface area contributed by atoms with Crippen LogP contribution in [0, 0.1) is 12.8 Å². The Balaban J connectivity index is 2.17. The van der Waals surface area contributed by atoms with E-state index in [1.807, 2.05) is 38.1 Å². The lowest BCUT2D eigenvalue weighted by molar-refractivity contribution is 0.0935. The molecule has 1 aromatic heterocycles. The number of aromatic nitrogens is 2. The van der Waals surface area contributed by atoms with Gasteiger partial charge in [-0.15, -0.1) is 0 Å². The minimum Gasteiger partial charge on any atom is -0.482 e. The van der Waals surface area contributed by atoms with Crippen molar-refractivity contribution in [2.75, 3.05) is 6.26 Å². The predicted octanol–water partition coefficient (Wildman–Crippen LogP) is 3.89. The molecule has 9 heteroatoms. The van der Waals surface area contributed by atoms with E-state index in [0.717, 1.165) is 17.2 Å². The summed E-state index contributed by atoms with van der Waals surface area (Å²) in [5.41, 5.74) is 1.37. The second kappa shape index (κ2) is 10.0. The van der Waals surface area contributed by atoms with Crippen molar-refractivity contribution in [1.29, 1.82) is 0 Å². The summed E-state index contributed by atoms with van der Waals surface area (Å²) < 4.78 is 28.5. The highest BCUT2D eigenvalue weighted by Crippen LogP contribution is 2.33. The molecule has 0 radical (unpaired) electrons. The number of rotatable bonds is 8. The Kier molecular flexibility index (Phi) is 7.97. The topological polar surface area (TPSA) is 98.2 Å². The van der Waals surface area contributed by atoms with Crippen LogP contribution in [-0.2, 0) is 9.84 Å². The van der Waals surface area contributed by atoms with E-state index in [-0.39, 0.29) is 17.8 Å². The van der Waals surface area contributed by atoms with E-state index < -0.39 is 21.8 Å². The highest BCUT2D eigenvalue weighted by Gasteiger charge is 2.22. The number of aryl methyl sites for hydroxylation is 1.